The van der Waals surface area contributed by atoms with Crippen LogP contribution in [-0.2, 0) is 24.8 Å². The van der Waals surface area contributed by atoms with E-state index in [0.717, 1.165) is 38.0 Å². The average Bonchev–Trinajstić information content (AvgIpc) is 3.29. The number of amides is 1. The highest BCUT2D eigenvalue weighted by molar-refractivity contribution is 7.07. The Labute approximate surface area is 147 Å². The smallest absolute Gasteiger partial charge is 0.272 e. The normalized spacial score (nSPS) is 17.3. The third-order valence-electron chi connectivity index (χ3n) is 4.34. The lowest BCUT2D eigenvalue weighted by molar-refractivity contribution is 0.0499. The molecule has 0 radical (unpaired) electrons. The molecule has 3 rings (SSSR count). The third kappa shape index (κ3) is 4.05. The van der Waals surface area contributed by atoms with Gasteiger partial charge in [0, 0.05) is 26.7 Å². The maximum Gasteiger partial charge on any atom is 0.272 e. The number of aryl methyl sites for hydroxylation is 2. The van der Waals surface area contributed by atoms with Crippen molar-refractivity contribution in [3.05, 3.63) is 39.8 Å². The zero-order chi connectivity index (χ0) is 16.9. The Balaban J connectivity index is 1.78. The zero-order valence-electron chi connectivity index (χ0n) is 14.4. The summed E-state index contributed by atoms with van der Waals surface area (Å²) in [5.74, 6) is 0.0362. The van der Waals surface area contributed by atoms with Crippen LogP contribution < -0.4 is 0 Å². The summed E-state index contributed by atoms with van der Waals surface area (Å²) < 4.78 is 7.46. The zero-order valence-corrected chi connectivity index (χ0v) is 15.2. The molecule has 1 atom stereocenters. The number of hydrogen-bond donors (Lipinski definition) is 0. The second-order valence-electron chi connectivity index (χ2n) is 6.35. The quantitative estimate of drug-likeness (QED) is 0.772. The van der Waals surface area contributed by atoms with Crippen molar-refractivity contribution in [3.63, 3.8) is 0 Å². The van der Waals surface area contributed by atoms with E-state index in [2.05, 4.69) is 23.5 Å². The lowest BCUT2D eigenvalue weighted by Gasteiger charge is -2.25. The highest BCUT2D eigenvalue weighted by Crippen LogP contribution is 2.19. The maximum absolute atomic E-state index is 13.1. The summed E-state index contributed by atoms with van der Waals surface area (Å²) in [6.45, 7) is 4.19. The molecule has 2 aromatic rings. The summed E-state index contributed by atoms with van der Waals surface area (Å²) in [5.41, 5.74) is 2.81. The Kier molecular flexibility index (Phi) is 5.68. The van der Waals surface area contributed by atoms with Gasteiger partial charge in [-0.2, -0.15) is 16.4 Å². The van der Waals surface area contributed by atoms with Crippen molar-refractivity contribution in [1.29, 1.82) is 0 Å². The van der Waals surface area contributed by atoms with E-state index in [1.54, 1.807) is 16.0 Å². The van der Waals surface area contributed by atoms with Gasteiger partial charge in [-0.15, -0.1) is 0 Å². The molecule has 130 valence electrons. The summed E-state index contributed by atoms with van der Waals surface area (Å²) in [5, 5.41) is 8.62. The fraction of sp³-hybridized carbons (Fsp3) is 0.556. The van der Waals surface area contributed by atoms with Crippen LogP contribution in [0.15, 0.2) is 22.9 Å². The molecule has 24 heavy (non-hydrogen) atoms. The van der Waals surface area contributed by atoms with Gasteiger partial charge in [-0.05, 0) is 47.7 Å². The van der Waals surface area contributed by atoms with Crippen LogP contribution in [0.3, 0.4) is 0 Å². The minimum atomic E-state index is 0.0362. The number of thiophene rings is 1. The Morgan fingerprint density at radius 2 is 2.42 bits per heavy atom. The van der Waals surface area contributed by atoms with Crippen molar-refractivity contribution in [2.75, 3.05) is 13.2 Å². The van der Waals surface area contributed by atoms with E-state index in [4.69, 9.17) is 4.74 Å². The molecule has 1 unspecified atom stereocenters. The minimum Gasteiger partial charge on any atom is -0.376 e. The second kappa shape index (κ2) is 7.94. The molecule has 6 heteroatoms. The molecule has 3 heterocycles. The largest absolute Gasteiger partial charge is 0.376 e. The van der Waals surface area contributed by atoms with Gasteiger partial charge in [-0.25, -0.2) is 0 Å². The van der Waals surface area contributed by atoms with Crippen molar-refractivity contribution < 1.29 is 9.53 Å². The fourth-order valence-electron chi connectivity index (χ4n) is 3.12. The molecule has 1 aliphatic rings. The molecule has 1 fully saturated rings. The predicted molar refractivity (Wildman–Crippen MR) is 95.2 cm³/mol. The first kappa shape index (κ1) is 17.2. The number of nitrogens with zero attached hydrogens (tertiary/aromatic N) is 3. The first-order valence-electron chi connectivity index (χ1n) is 8.62. The Hall–Kier alpha value is -1.66. The van der Waals surface area contributed by atoms with Crippen LogP contribution in [-0.4, -0.2) is 39.8 Å². The second-order valence-corrected chi connectivity index (χ2v) is 7.13. The molecule has 1 aliphatic heterocycles. The first-order chi connectivity index (χ1) is 11.7. The van der Waals surface area contributed by atoms with Crippen molar-refractivity contribution in [1.82, 2.24) is 14.7 Å². The standard InChI is InChI=1S/C18H25N3O2S/c1-3-5-15-10-17(20(2)19-15)18(22)21(11-14-7-9-24-13-14)12-16-6-4-8-23-16/h7,9-10,13,16H,3-6,8,11-12H2,1-2H3. The number of aromatic nitrogens is 2. The highest BCUT2D eigenvalue weighted by atomic mass is 32.1. The average molecular weight is 347 g/mol. The van der Waals surface area contributed by atoms with Crippen molar-refractivity contribution in [2.24, 2.45) is 7.05 Å². The van der Waals surface area contributed by atoms with Gasteiger partial charge < -0.3 is 9.64 Å². The van der Waals surface area contributed by atoms with E-state index in [0.29, 0.717) is 18.8 Å². The first-order valence-corrected chi connectivity index (χ1v) is 9.56. The van der Waals surface area contributed by atoms with E-state index in [1.807, 2.05) is 23.4 Å². The topological polar surface area (TPSA) is 47.4 Å². The molecule has 0 saturated carbocycles. The molecule has 5 nitrogen and oxygen atoms in total. The number of carbonyl (C=O) groups is 1. The lowest BCUT2D eigenvalue weighted by Crippen LogP contribution is -2.37. The summed E-state index contributed by atoms with van der Waals surface area (Å²) >= 11 is 1.66. The number of ether oxygens (including phenoxy) is 1. The molecular weight excluding hydrogens is 322 g/mol. The predicted octanol–water partition coefficient (Wildman–Crippen LogP) is 3.26. The molecule has 2 aromatic heterocycles. The monoisotopic (exact) mass is 347 g/mol. The van der Waals surface area contributed by atoms with Gasteiger partial charge in [0.05, 0.1) is 11.8 Å². The van der Waals surface area contributed by atoms with Crippen LogP contribution in [0.25, 0.3) is 0 Å². The van der Waals surface area contributed by atoms with Crippen LogP contribution >= 0.6 is 11.3 Å². The molecule has 0 bridgehead atoms. The van der Waals surface area contributed by atoms with E-state index in [-0.39, 0.29) is 12.0 Å². The number of rotatable bonds is 7. The third-order valence-corrected chi connectivity index (χ3v) is 5.08. The van der Waals surface area contributed by atoms with E-state index >= 15 is 0 Å². The molecule has 0 N–H and O–H groups in total. The molecule has 0 spiro atoms. The number of carbonyl (C=O) groups excluding carboxylic acids is 1. The van der Waals surface area contributed by atoms with Crippen molar-refractivity contribution in [2.45, 2.75) is 45.3 Å². The molecule has 0 aliphatic carbocycles. The van der Waals surface area contributed by atoms with Crippen molar-refractivity contribution in [3.8, 4) is 0 Å². The molecule has 1 saturated heterocycles. The maximum atomic E-state index is 13.1. The van der Waals surface area contributed by atoms with Crippen LogP contribution in [0.1, 0.15) is 47.9 Å². The fourth-order valence-corrected chi connectivity index (χ4v) is 3.78. The van der Waals surface area contributed by atoms with Crippen LogP contribution in [0.4, 0.5) is 0 Å². The Bertz CT molecular complexity index is 660. The highest BCUT2D eigenvalue weighted by Gasteiger charge is 2.25. The van der Waals surface area contributed by atoms with Crippen LogP contribution in [0.5, 0.6) is 0 Å². The summed E-state index contributed by atoms with van der Waals surface area (Å²) in [6.07, 6.45) is 4.18. The summed E-state index contributed by atoms with van der Waals surface area (Å²) in [4.78, 5) is 15.0. The number of hydrogen-bond acceptors (Lipinski definition) is 4. The molecular formula is C18H25N3O2S. The Morgan fingerprint density at radius 3 is 3.08 bits per heavy atom. The van der Waals surface area contributed by atoms with E-state index in [1.165, 1.54) is 5.56 Å². The summed E-state index contributed by atoms with van der Waals surface area (Å²) in [7, 11) is 1.85. The van der Waals surface area contributed by atoms with E-state index < -0.39 is 0 Å². The van der Waals surface area contributed by atoms with Gasteiger partial charge in [0.15, 0.2) is 0 Å². The molecule has 0 aromatic carbocycles. The van der Waals surface area contributed by atoms with Crippen molar-refractivity contribution >= 4 is 17.2 Å². The van der Waals surface area contributed by atoms with E-state index in [9.17, 15) is 4.79 Å². The SMILES string of the molecule is CCCc1cc(C(=O)N(Cc2ccsc2)CC2CCCO2)n(C)n1. The van der Waals surface area contributed by atoms with Gasteiger partial charge in [-0.3, -0.25) is 9.48 Å². The van der Waals surface area contributed by atoms with Gasteiger partial charge in [0.2, 0.25) is 0 Å². The van der Waals surface area contributed by atoms with Gasteiger partial charge >= 0.3 is 0 Å². The Morgan fingerprint density at radius 1 is 1.54 bits per heavy atom. The van der Waals surface area contributed by atoms with Crippen LogP contribution in [0, 0.1) is 0 Å². The minimum absolute atomic E-state index is 0.0362. The van der Waals surface area contributed by atoms with Crippen LogP contribution in [0.2, 0.25) is 0 Å². The summed E-state index contributed by atoms with van der Waals surface area (Å²) in [6, 6.07) is 4.01. The van der Waals surface area contributed by atoms with Gasteiger partial charge in [0.25, 0.3) is 5.91 Å². The van der Waals surface area contributed by atoms with Gasteiger partial charge in [-0.1, -0.05) is 13.3 Å². The molecule has 1 amide bonds. The van der Waals surface area contributed by atoms with Gasteiger partial charge in [0.1, 0.15) is 5.69 Å². The lowest BCUT2D eigenvalue weighted by atomic mass is 10.2.